The molecule has 0 heterocycles. The number of hydrogen-bond donors (Lipinski definition) is 1. The predicted molar refractivity (Wildman–Crippen MR) is 101 cm³/mol. The number of amides is 1. The predicted octanol–water partition coefficient (Wildman–Crippen LogP) is 5.04. The fraction of sp³-hybridized carbons (Fsp3) is 0.136. The van der Waals surface area contributed by atoms with Crippen LogP contribution < -0.4 is 5.32 Å². The van der Waals surface area contributed by atoms with Gasteiger partial charge in [-0.3, -0.25) is 4.79 Å². The van der Waals surface area contributed by atoms with Crippen molar-refractivity contribution in [2.24, 2.45) is 0 Å². The van der Waals surface area contributed by atoms with Crippen LogP contribution in [-0.4, -0.2) is 5.91 Å². The quantitative estimate of drug-likeness (QED) is 0.672. The van der Waals surface area contributed by atoms with Crippen LogP contribution in [0.1, 0.15) is 29.7 Å². The van der Waals surface area contributed by atoms with Crippen molar-refractivity contribution in [1.29, 1.82) is 0 Å². The number of aryl methyl sites for hydroxylation is 1. The van der Waals surface area contributed by atoms with Crippen LogP contribution in [0, 0.1) is 6.92 Å². The van der Waals surface area contributed by atoms with Gasteiger partial charge in [0.05, 0.1) is 6.04 Å². The minimum Gasteiger partial charge on any atom is -0.346 e. The lowest BCUT2D eigenvalue weighted by Gasteiger charge is -2.14. The van der Waals surface area contributed by atoms with E-state index in [2.05, 4.69) is 35.6 Å². The van der Waals surface area contributed by atoms with Gasteiger partial charge in [0.1, 0.15) is 0 Å². The van der Waals surface area contributed by atoms with Crippen LogP contribution in [0.3, 0.4) is 0 Å². The maximum Gasteiger partial charge on any atom is 0.244 e. The van der Waals surface area contributed by atoms with E-state index in [0.717, 1.165) is 16.7 Å². The lowest BCUT2D eigenvalue weighted by Crippen LogP contribution is -2.24. The van der Waals surface area contributed by atoms with Crippen molar-refractivity contribution in [2.45, 2.75) is 19.9 Å². The van der Waals surface area contributed by atoms with E-state index in [9.17, 15) is 4.79 Å². The number of nitrogens with one attached hydrogen (secondary N) is 1. The smallest absolute Gasteiger partial charge is 0.244 e. The molecular formula is C22H21NO. The van der Waals surface area contributed by atoms with Crippen LogP contribution in [-0.2, 0) is 4.79 Å². The zero-order chi connectivity index (χ0) is 16.9. The van der Waals surface area contributed by atoms with Gasteiger partial charge in [-0.2, -0.15) is 0 Å². The van der Waals surface area contributed by atoms with Gasteiger partial charge in [0, 0.05) is 6.08 Å². The molecule has 0 saturated carbocycles. The second-order valence-electron chi connectivity index (χ2n) is 6.03. The Hall–Kier alpha value is -2.87. The Bertz CT molecular complexity index is 895. The number of hydrogen-bond acceptors (Lipinski definition) is 1. The van der Waals surface area contributed by atoms with Crippen LogP contribution in [0.4, 0.5) is 0 Å². The Morgan fingerprint density at radius 2 is 1.67 bits per heavy atom. The van der Waals surface area contributed by atoms with Gasteiger partial charge in [-0.05, 0) is 53.5 Å². The molecule has 0 bridgehead atoms. The summed E-state index contributed by atoms with van der Waals surface area (Å²) in [4.78, 5) is 12.2. The zero-order valence-corrected chi connectivity index (χ0v) is 14.0. The normalized spacial score (nSPS) is 12.4. The number of rotatable bonds is 4. The largest absolute Gasteiger partial charge is 0.346 e. The average Bonchev–Trinajstić information content (AvgIpc) is 2.60. The van der Waals surface area contributed by atoms with Gasteiger partial charge in [-0.1, -0.05) is 60.7 Å². The summed E-state index contributed by atoms with van der Waals surface area (Å²) < 4.78 is 0. The van der Waals surface area contributed by atoms with Crippen molar-refractivity contribution in [1.82, 2.24) is 5.32 Å². The summed E-state index contributed by atoms with van der Waals surface area (Å²) in [6, 6.07) is 22.5. The molecule has 1 N–H and O–H groups in total. The minimum atomic E-state index is -0.0843. The molecule has 0 aliphatic carbocycles. The lowest BCUT2D eigenvalue weighted by molar-refractivity contribution is -0.117. The standard InChI is InChI=1S/C22H21NO/c1-16-7-3-4-8-18(16)13-14-22(24)23-17(2)20-12-11-19-9-5-6-10-21(19)15-20/h3-15,17H,1-2H3,(H,23,24)/b14-13+/t17-/m0/s1. The van der Waals surface area contributed by atoms with E-state index in [-0.39, 0.29) is 11.9 Å². The highest BCUT2D eigenvalue weighted by molar-refractivity contribution is 5.92. The summed E-state index contributed by atoms with van der Waals surface area (Å²) in [6.45, 7) is 4.04. The highest BCUT2D eigenvalue weighted by atomic mass is 16.1. The Morgan fingerprint density at radius 1 is 0.958 bits per heavy atom. The van der Waals surface area contributed by atoms with Crippen molar-refractivity contribution in [2.75, 3.05) is 0 Å². The van der Waals surface area contributed by atoms with Gasteiger partial charge in [0.15, 0.2) is 0 Å². The topological polar surface area (TPSA) is 29.1 Å². The van der Waals surface area contributed by atoms with Crippen molar-refractivity contribution >= 4 is 22.8 Å². The third-order valence-corrected chi connectivity index (χ3v) is 4.24. The van der Waals surface area contributed by atoms with E-state index < -0.39 is 0 Å². The first kappa shape index (κ1) is 16.0. The maximum atomic E-state index is 12.2. The number of fused-ring (bicyclic) bond motifs is 1. The summed E-state index contributed by atoms with van der Waals surface area (Å²) in [5, 5.41) is 5.42. The second-order valence-corrected chi connectivity index (χ2v) is 6.03. The van der Waals surface area contributed by atoms with Crippen molar-refractivity contribution < 1.29 is 4.79 Å². The zero-order valence-electron chi connectivity index (χ0n) is 14.0. The maximum absolute atomic E-state index is 12.2. The minimum absolute atomic E-state index is 0.0383. The molecule has 0 radical (unpaired) electrons. The van der Waals surface area contributed by atoms with Crippen molar-refractivity contribution in [3.05, 3.63) is 89.5 Å². The third kappa shape index (κ3) is 3.72. The SMILES string of the molecule is Cc1ccccc1/C=C/C(=O)N[C@@H](C)c1ccc2ccccc2c1. The highest BCUT2D eigenvalue weighted by Crippen LogP contribution is 2.20. The lowest BCUT2D eigenvalue weighted by atomic mass is 10.0. The molecule has 0 aromatic heterocycles. The Kier molecular flexibility index (Phi) is 4.76. The summed E-state index contributed by atoms with van der Waals surface area (Å²) in [7, 11) is 0. The Labute approximate surface area is 142 Å². The van der Waals surface area contributed by atoms with E-state index in [0.29, 0.717) is 0 Å². The molecule has 120 valence electrons. The van der Waals surface area contributed by atoms with Crippen LogP contribution in [0.15, 0.2) is 72.8 Å². The Balaban J connectivity index is 1.70. The van der Waals surface area contributed by atoms with E-state index in [1.807, 2.05) is 56.3 Å². The van der Waals surface area contributed by atoms with Gasteiger partial charge in [0.2, 0.25) is 5.91 Å². The molecule has 0 aliphatic heterocycles. The van der Waals surface area contributed by atoms with Gasteiger partial charge in [-0.25, -0.2) is 0 Å². The Morgan fingerprint density at radius 3 is 2.46 bits per heavy atom. The van der Waals surface area contributed by atoms with E-state index >= 15 is 0 Å². The molecule has 2 nitrogen and oxygen atoms in total. The molecule has 2 heteroatoms. The van der Waals surface area contributed by atoms with Crippen LogP contribution in [0.5, 0.6) is 0 Å². The number of benzene rings is 3. The van der Waals surface area contributed by atoms with E-state index in [1.165, 1.54) is 10.8 Å². The summed E-state index contributed by atoms with van der Waals surface area (Å²) in [6.07, 6.45) is 3.46. The molecule has 0 unspecified atom stereocenters. The van der Waals surface area contributed by atoms with Crippen molar-refractivity contribution in [3.8, 4) is 0 Å². The first-order valence-electron chi connectivity index (χ1n) is 8.16. The van der Waals surface area contributed by atoms with Gasteiger partial charge >= 0.3 is 0 Å². The van der Waals surface area contributed by atoms with Gasteiger partial charge in [-0.15, -0.1) is 0 Å². The fourth-order valence-electron chi connectivity index (χ4n) is 2.76. The van der Waals surface area contributed by atoms with Crippen LogP contribution >= 0.6 is 0 Å². The van der Waals surface area contributed by atoms with E-state index in [1.54, 1.807) is 6.08 Å². The van der Waals surface area contributed by atoms with Crippen LogP contribution in [0.25, 0.3) is 16.8 Å². The molecular weight excluding hydrogens is 294 g/mol. The molecule has 3 aromatic carbocycles. The second kappa shape index (κ2) is 7.14. The molecule has 0 fully saturated rings. The van der Waals surface area contributed by atoms with Crippen molar-refractivity contribution in [3.63, 3.8) is 0 Å². The van der Waals surface area contributed by atoms with Crippen LogP contribution in [0.2, 0.25) is 0 Å². The molecule has 3 aromatic rings. The first-order valence-corrected chi connectivity index (χ1v) is 8.16. The molecule has 0 saturated heterocycles. The monoisotopic (exact) mass is 315 g/mol. The first-order chi connectivity index (χ1) is 11.6. The molecule has 1 amide bonds. The fourth-order valence-corrected chi connectivity index (χ4v) is 2.76. The summed E-state index contributed by atoms with van der Waals surface area (Å²) in [5.74, 6) is -0.0843. The molecule has 3 rings (SSSR count). The number of carbonyl (C=O) groups is 1. The third-order valence-electron chi connectivity index (χ3n) is 4.24. The number of carbonyl (C=O) groups excluding carboxylic acids is 1. The summed E-state index contributed by atoms with van der Waals surface area (Å²) >= 11 is 0. The molecule has 0 aliphatic rings. The van der Waals surface area contributed by atoms with Gasteiger partial charge in [0.25, 0.3) is 0 Å². The summed E-state index contributed by atoms with van der Waals surface area (Å²) in [5.41, 5.74) is 3.32. The van der Waals surface area contributed by atoms with Gasteiger partial charge < -0.3 is 5.32 Å². The molecule has 0 spiro atoms. The average molecular weight is 315 g/mol. The molecule has 1 atom stereocenters. The molecule has 24 heavy (non-hydrogen) atoms. The van der Waals surface area contributed by atoms with E-state index in [4.69, 9.17) is 0 Å². The highest BCUT2D eigenvalue weighted by Gasteiger charge is 2.08.